The van der Waals surface area contributed by atoms with Crippen molar-refractivity contribution in [3.8, 4) is 0 Å². The fourth-order valence-electron chi connectivity index (χ4n) is 1.92. The predicted octanol–water partition coefficient (Wildman–Crippen LogP) is 5.03. The molecule has 0 amide bonds. The Bertz CT molecular complexity index is 307. The van der Waals surface area contributed by atoms with Crippen molar-refractivity contribution in [3.05, 3.63) is 29.8 Å². The van der Waals surface area contributed by atoms with Gasteiger partial charge in [0.25, 0.3) is 0 Å². The molecule has 0 saturated heterocycles. The number of nitrogens with one attached hydrogen (secondary N) is 1. The summed E-state index contributed by atoms with van der Waals surface area (Å²) in [5.74, 6) is 1.25. The Labute approximate surface area is 117 Å². The highest BCUT2D eigenvalue weighted by Crippen LogP contribution is 2.22. The predicted molar refractivity (Wildman–Crippen MR) is 83.4 cm³/mol. The molecule has 0 radical (unpaired) electrons. The van der Waals surface area contributed by atoms with E-state index in [0.717, 1.165) is 0 Å². The van der Waals surface area contributed by atoms with Gasteiger partial charge in [-0.15, -0.1) is 11.8 Å². The average Bonchev–Trinajstić information content (AvgIpc) is 2.42. The lowest BCUT2D eigenvalue weighted by molar-refractivity contribution is 0.652. The van der Waals surface area contributed by atoms with Gasteiger partial charge in [0.1, 0.15) is 0 Å². The molecular weight excluding hydrogens is 238 g/mol. The standard InChI is InChI=1S/C16H27NS/c1-4-5-6-7-8-13-18-16-11-9-15(10-12-16)14(2)17-3/h9-12,14,17H,4-8,13H2,1-3H3. The van der Waals surface area contributed by atoms with Gasteiger partial charge in [0.2, 0.25) is 0 Å². The van der Waals surface area contributed by atoms with Crippen LogP contribution in [0.3, 0.4) is 0 Å². The van der Waals surface area contributed by atoms with E-state index in [1.54, 1.807) is 0 Å². The summed E-state index contributed by atoms with van der Waals surface area (Å²) >= 11 is 1.99. The van der Waals surface area contributed by atoms with Crippen molar-refractivity contribution in [2.45, 2.75) is 56.9 Å². The molecule has 0 aliphatic rings. The Morgan fingerprint density at radius 1 is 1.06 bits per heavy atom. The number of thioether (sulfide) groups is 1. The van der Waals surface area contributed by atoms with Crippen LogP contribution in [0.1, 0.15) is 57.6 Å². The first-order chi connectivity index (χ1) is 8.77. The second kappa shape index (κ2) is 9.46. The van der Waals surface area contributed by atoms with Gasteiger partial charge in [0.05, 0.1) is 0 Å². The van der Waals surface area contributed by atoms with Crippen LogP contribution in [0.15, 0.2) is 29.2 Å². The van der Waals surface area contributed by atoms with Gasteiger partial charge in [-0.2, -0.15) is 0 Å². The summed E-state index contributed by atoms with van der Waals surface area (Å²) in [6.07, 6.45) is 6.85. The first kappa shape index (κ1) is 15.6. The van der Waals surface area contributed by atoms with Crippen LogP contribution in [0.4, 0.5) is 0 Å². The van der Waals surface area contributed by atoms with Crippen LogP contribution in [0, 0.1) is 0 Å². The van der Waals surface area contributed by atoms with Crippen LogP contribution in [-0.2, 0) is 0 Å². The second-order valence-electron chi connectivity index (χ2n) is 4.84. The van der Waals surface area contributed by atoms with Crippen LogP contribution in [-0.4, -0.2) is 12.8 Å². The molecule has 0 saturated carbocycles. The van der Waals surface area contributed by atoms with Crippen LogP contribution in [0.25, 0.3) is 0 Å². The Morgan fingerprint density at radius 3 is 2.33 bits per heavy atom. The Morgan fingerprint density at radius 2 is 1.72 bits per heavy atom. The third-order valence-electron chi connectivity index (χ3n) is 3.33. The number of hydrogen-bond donors (Lipinski definition) is 1. The molecule has 1 unspecified atom stereocenters. The third-order valence-corrected chi connectivity index (χ3v) is 4.43. The summed E-state index contributed by atoms with van der Waals surface area (Å²) in [5, 5.41) is 3.27. The SMILES string of the molecule is CCCCCCCSc1ccc(C(C)NC)cc1. The lowest BCUT2D eigenvalue weighted by Crippen LogP contribution is -2.11. The van der Waals surface area contributed by atoms with E-state index in [1.165, 1.54) is 48.3 Å². The molecule has 0 aliphatic carbocycles. The van der Waals surface area contributed by atoms with Crippen molar-refractivity contribution >= 4 is 11.8 Å². The minimum atomic E-state index is 0.443. The summed E-state index contributed by atoms with van der Waals surface area (Å²) in [5.41, 5.74) is 1.37. The molecule has 2 heteroatoms. The van der Waals surface area contributed by atoms with E-state index in [2.05, 4.69) is 43.4 Å². The maximum atomic E-state index is 3.27. The number of benzene rings is 1. The quantitative estimate of drug-likeness (QED) is 0.496. The van der Waals surface area contributed by atoms with E-state index >= 15 is 0 Å². The van der Waals surface area contributed by atoms with Crippen molar-refractivity contribution in [1.82, 2.24) is 5.32 Å². The minimum Gasteiger partial charge on any atom is -0.313 e. The Hall–Kier alpha value is -0.470. The molecule has 0 spiro atoms. The zero-order valence-corrected chi connectivity index (χ0v) is 12.9. The van der Waals surface area contributed by atoms with Crippen LogP contribution < -0.4 is 5.32 Å². The third kappa shape index (κ3) is 5.92. The molecule has 0 bridgehead atoms. The van der Waals surface area contributed by atoms with Crippen molar-refractivity contribution in [3.63, 3.8) is 0 Å². The first-order valence-electron chi connectivity index (χ1n) is 7.18. The molecule has 1 atom stereocenters. The fraction of sp³-hybridized carbons (Fsp3) is 0.625. The highest BCUT2D eigenvalue weighted by molar-refractivity contribution is 7.99. The first-order valence-corrected chi connectivity index (χ1v) is 8.16. The highest BCUT2D eigenvalue weighted by atomic mass is 32.2. The van der Waals surface area contributed by atoms with Crippen molar-refractivity contribution < 1.29 is 0 Å². The van der Waals surface area contributed by atoms with Gasteiger partial charge < -0.3 is 5.32 Å². The van der Waals surface area contributed by atoms with Gasteiger partial charge >= 0.3 is 0 Å². The topological polar surface area (TPSA) is 12.0 Å². The van der Waals surface area contributed by atoms with Crippen molar-refractivity contribution in [2.75, 3.05) is 12.8 Å². The van der Waals surface area contributed by atoms with E-state index in [9.17, 15) is 0 Å². The van der Waals surface area contributed by atoms with Crippen molar-refractivity contribution in [2.24, 2.45) is 0 Å². The van der Waals surface area contributed by atoms with E-state index in [1.807, 2.05) is 18.8 Å². The maximum absolute atomic E-state index is 3.27. The van der Waals surface area contributed by atoms with Crippen LogP contribution in [0.2, 0.25) is 0 Å². The molecular formula is C16H27NS. The Balaban J connectivity index is 2.22. The summed E-state index contributed by atoms with van der Waals surface area (Å²) < 4.78 is 0. The molecule has 0 heterocycles. The summed E-state index contributed by atoms with van der Waals surface area (Å²) in [6.45, 7) is 4.46. The average molecular weight is 265 g/mol. The van der Waals surface area contributed by atoms with Gasteiger partial charge in [-0.1, -0.05) is 44.7 Å². The van der Waals surface area contributed by atoms with E-state index in [4.69, 9.17) is 0 Å². The zero-order valence-electron chi connectivity index (χ0n) is 12.0. The smallest absolute Gasteiger partial charge is 0.0289 e. The van der Waals surface area contributed by atoms with E-state index < -0.39 is 0 Å². The summed E-state index contributed by atoms with van der Waals surface area (Å²) in [4.78, 5) is 1.40. The molecule has 0 fully saturated rings. The molecule has 1 nitrogen and oxygen atoms in total. The van der Waals surface area contributed by atoms with Gasteiger partial charge in [0.15, 0.2) is 0 Å². The summed E-state index contributed by atoms with van der Waals surface area (Å²) in [6, 6.07) is 9.42. The highest BCUT2D eigenvalue weighted by Gasteiger charge is 2.01. The van der Waals surface area contributed by atoms with Gasteiger partial charge in [-0.25, -0.2) is 0 Å². The van der Waals surface area contributed by atoms with E-state index in [0.29, 0.717) is 6.04 Å². The van der Waals surface area contributed by atoms with Crippen LogP contribution in [0.5, 0.6) is 0 Å². The lowest BCUT2D eigenvalue weighted by Gasteiger charge is -2.10. The largest absolute Gasteiger partial charge is 0.313 e. The summed E-state index contributed by atoms with van der Waals surface area (Å²) in [7, 11) is 2.00. The molecule has 18 heavy (non-hydrogen) atoms. The number of rotatable bonds is 9. The number of unbranched alkanes of at least 4 members (excludes halogenated alkanes) is 4. The lowest BCUT2D eigenvalue weighted by atomic mass is 10.1. The van der Waals surface area contributed by atoms with Crippen molar-refractivity contribution in [1.29, 1.82) is 0 Å². The Kier molecular flexibility index (Phi) is 8.19. The maximum Gasteiger partial charge on any atom is 0.0289 e. The van der Waals surface area contributed by atoms with Crippen LogP contribution >= 0.6 is 11.8 Å². The molecule has 1 aromatic rings. The van der Waals surface area contributed by atoms with Gasteiger partial charge in [0, 0.05) is 10.9 Å². The molecule has 1 aromatic carbocycles. The molecule has 1 N–H and O–H groups in total. The molecule has 0 aromatic heterocycles. The van der Waals surface area contributed by atoms with Gasteiger partial charge in [-0.3, -0.25) is 0 Å². The molecule has 1 rings (SSSR count). The fourth-order valence-corrected chi connectivity index (χ4v) is 2.83. The number of hydrogen-bond acceptors (Lipinski definition) is 2. The second-order valence-corrected chi connectivity index (χ2v) is 6.01. The molecule has 102 valence electrons. The minimum absolute atomic E-state index is 0.443. The normalized spacial score (nSPS) is 12.6. The van der Waals surface area contributed by atoms with E-state index in [-0.39, 0.29) is 0 Å². The molecule has 0 aliphatic heterocycles. The monoisotopic (exact) mass is 265 g/mol. The van der Waals surface area contributed by atoms with Gasteiger partial charge in [-0.05, 0) is 43.8 Å². The zero-order chi connectivity index (χ0) is 13.2.